The van der Waals surface area contributed by atoms with Crippen LogP contribution in [0.15, 0.2) is 30.3 Å². The number of nitrogens with one attached hydrogen (secondary N) is 1. The Balaban J connectivity index is 2.12. The van der Waals surface area contributed by atoms with Gasteiger partial charge in [-0.05, 0) is 73.6 Å². The van der Waals surface area contributed by atoms with Crippen molar-refractivity contribution in [2.45, 2.75) is 46.6 Å². The van der Waals surface area contributed by atoms with E-state index in [1.807, 2.05) is 13.8 Å². The molecule has 0 fully saturated rings. The average Bonchev–Trinajstić information content (AvgIpc) is 2.62. The standard InChI is InChI=1S/C22H29NO2/c1-5-16-10-8-9-15(4)21(16)22-18-14-20(25-7-3)19(24-6-2)13-17(18)11-12-23-22/h8-10,13-14,22-23H,5-7,11-12H2,1-4H3. The van der Waals surface area contributed by atoms with E-state index in [0.29, 0.717) is 13.2 Å². The Labute approximate surface area is 151 Å². The van der Waals surface area contributed by atoms with Crippen LogP contribution in [0.1, 0.15) is 54.6 Å². The number of ether oxygens (including phenoxy) is 2. The molecule has 3 rings (SSSR count). The van der Waals surface area contributed by atoms with Gasteiger partial charge < -0.3 is 14.8 Å². The zero-order valence-electron chi connectivity index (χ0n) is 15.8. The Morgan fingerprint density at radius 3 is 2.44 bits per heavy atom. The van der Waals surface area contributed by atoms with Gasteiger partial charge in [-0.25, -0.2) is 0 Å². The molecule has 3 nitrogen and oxygen atoms in total. The molecule has 1 atom stereocenters. The molecular formula is C22H29NO2. The summed E-state index contributed by atoms with van der Waals surface area (Å²) in [5, 5.41) is 3.73. The van der Waals surface area contributed by atoms with Gasteiger partial charge in [0, 0.05) is 6.54 Å². The van der Waals surface area contributed by atoms with Gasteiger partial charge in [0.15, 0.2) is 11.5 Å². The van der Waals surface area contributed by atoms with Gasteiger partial charge in [-0.1, -0.05) is 25.1 Å². The normalized spacial score (nSPS) is 16.4. The van der Waals surface area contributed by atoms with Crippen molar-refractivity contribution in [1.29, 1.82) is 0 Å². The molecule has 0 aliphatic carbocycles. The summed E-state index contributed by atoms with van der Waals surface area (Å²) >= 11 is 0. The maximum Gasteiger partial charge on any atom is 0.161 e. The quantitative estimate of drug-likeness (QED) is 0.835. The smallest absolute Gasteiger partial charge is 0.161 e. The second kappa shape index (κ2) is 7.92. The first-order chi connectivity index (χ1) is 12.2. The van der Waals surface area contributed by atoms with Crippen LogP contribution in [0.2, 0.25) is 0 Å². The van der Waals surface area contributed by atoms with E-state index in [-0.39, 0.29) is 6.04 Å². The number of benzene rings is 2. The number of rotatable bonds is 6. The molecule has 1 N–H and O–H groups in total. The predicted molar refractivity (Wildman–Crippen MR) is 103 cm³/mol. The SMILES string of the molecule is CCOc1cc2c(cc1OCC)C(c1c(C)cccc1CC)NCC2. The Morgan fingerprint density at radius 1 is 1.04 bits per heavy atom. The van der Waals surface area contributed by atoms with E-state index in [4.69, 9.17) is 9.47 Å². The van der Waals surface area contributed by atoms with E-state index in [1.54, 1.807) is 0 Å². The number of aryl methyl sites for hydroxylation is 2. The molecule has 0 saturated carbocycles. The molecule has 0 bridgehead atoms. The lowest BCUT2D eigenvalue weighted by Crippen LogP contribution is -2.32. The van der Waals surface area contributed by atoms with Crippen LogP contribution in [0.3, 0.4) is 0 Å². The van der Waals surface area contributed by atoms with Crippen molar-refractivity contribution in [3.63, 3.8) is 0 Å². The van der Waals surface area contributed by atoms with Crippen LogP contribution in [0.25, 0.3) is 0 Å². The highest BCUT2D eigenvalue weighted by atomic mass is 16.5. The van der Waals surface area contributed by atoms with E-state index >= 15 is 0 Å². The van der Waals surface area contributed by atoms with Gasteiger partial charge in [0.25, 0.3) is 0 Å². The Bertz CT molecular complexity index is 739. The summed E-state index contributed by atoms with van der Waals surface area (Å²) in [6, 6.07) is 11.2. The van der Waals surface area contributed by atoms with E-state index in [2.05, 4.69) is 49.5 Å². The number of hydrogen-bond acceptors (Lipinski definition) is 3. The fraction of sp³-hybridized carbons (Fsp3) is 0.455. The largest absolute Gasteiger partial charge is 0.490 e. The first-order valence-corrected chi connectivity index (χ1v) is 9.43. The number of fused-ring (bicyclic) bond motifs is 1. The van der Waals surface area contributed by atoms with Crippen LogP contribution < -0.4 is 14.8 Å². The fourth-order valence-corrected chi connectivity index (χ4v) is 3.82. The third-order valence-electron chi connectivity index (χ3n) is 4.94. The summed E-state index contributed by atoms with van der Waals surface area (Å²) in [4.78, 5) is 0. The van der Waals surface area contributed by atoms with Crippen molar-refractivity contribution in [1.82, 2.24) is 5.32 Å². The maximum atomic E-state index is 5.87. The summed E-state index contributed by atoms with van der Waals surface area (Å²) in [5.74, 6) is 1.72. The monoisotopic (exact) mass is 339 g/mol. The maximum absolute atomic E-state index is 5.87. The predicted octanol–water partition coefficient (Wildman–Crippen LogP) is 4.59. The van der Waals surface area contributed by atoms with Crippen LogP contribution in [0.4, 0.5) is 0 Å². The topological polar surface area (TPSA) is 30.5 Å². The Kier molecular flexibility index (Phi) is 5.64. The summed E-state index contributed by atoms with van der Waals surface area (Å²) < 4.78 is 11.7. The van der Waals surface area contributed by atoms with Crippen molar-refractivity contribution in [3.8, 4) is 11.5 Å². The lowest BCUT2D eigenvalue weighted by atomic mass is 9.84. The summed E-state index contributed by atoms with van der Waals surface area (Å²) in [5.41, 5.74) is 6.86. The van der Waals surface area contributed by atoms with Gasteiger partial charge in [-0.3, -0.25) is 0 Å². The van der Waals surface area contributed by atoms with Gasteiger partial charge in [-0.15, -0.1) is 0 Å². The van der Waals surface area contributed by atoms with E-state index in [1.165, 1.54) is 27.8 Å². The minimum absolute atomic E-state index is 0.217. The molecule has 2 aromatic rings. The van der Waals surface area contributed by atoms with Gasteiger partial charge in [0.2, 0.25) is 0 Å². The lowest BCUT2D eigenvalue weighted by molar-refractivity contribution is 0.286. The number of hydrogen-bond donors (Lipinski definition) is 1. The third kappa shape index (κ3) is 3.52. The second-order valence-corrected chi connectivity index (χ2v) is 6.50. The summed E-state index contributed by atoms with van der Waals surface area (Å²) in [6.07, 6.45) is 2.06. The van der Waals surface area contributed by atoms with Crippen molar-refractivity contribution in [2.75, 3.05) is 19.8 Å². The van der Waals surface area contributed by atoms with Crippen molar-refractivity contribution < 1.29 is 9.47 Å². The highest BCUT2D eigenvalue weighted by Crippen LogP contribution is 2.39. The van der Waals surface area contributed by atoms with Crippen molar-refractivity contribution >= 4 is 0 Å². The minimum atomic E-state index is 0.217. The zero-order valence-corrected chi connectivity index (χ0v) is 15.8. The Hall–Kier alpha value is -2.00. The molecule has 2 aromatic carbocycles. The van der Waals surface area contributed by atoms with Crippen LogP contribution in [0, 0.1) is 6.92 Å². The van der Waals surface area contributed by atoms with Crippen molar-refractivity contribution in [2.24, 2.45) is 0 Å². The molecule has 1 aliphatic rings. The highest BCUT2D eigenvalue weighted by Gasteiger charge is 2.26. The van der Waals surface area contributed by atoms with Gasteiger partial charge in [0.1, 0.15) is 0 Å². The lowest BCUT2D eigenvalue weighted by Gasteiger charge is -2.31. The molecule has 134 valence electrons. The molecular weight excluding hydrogens is 310 g/mol. The molecule has 0 amide bonds. The minimum Gasteiger partial charge on any atom is -0.490 e. The van der Waals surface area contributed by atoms with Crippen LogP contribution in [-0.4, -0.2) is 19.8 Å². The molecule has 25 heavy (non-hydrogen) atoms. The molecule has 1 unspecified atom stereocenters. The molecule has 0 saturated heterocycles. The van der Waals surface area contributed by atoms with Gasteiger partial charge in [-0.2, -0.15) is 0 Å². The molecule has 3 heteroatoms. The van der Waals surface area contributed by atoms with Gasteiger partial charge >= 0.3 is 0 Å². The first kappa shape index (κ1) is 17.8. The van der Waals surface area contributed by atoms with Crippen LogP contribution >= 0.6 is 0 Å². The van der Waals surface area contributed by atoms with Crippen LogP contribution in [-0.2, 0) is 12.8 Å². The van der Waals surface area contributed by atoms with E-state index < -0.39 is 0 Å². The summed E-state index contributed by atoms with van der Waals surface area (Å²) in [6.45, 7) is 10.7. The summed E-state index contributed by atoms with van der Waals surface area (Å²) in [7, 11) is 0. The molecule has 0 aromatic heterocycles. The second-order valence-electron chi connectivity index (χ2n) is 6.50. The molecule has 0 radical (unpaired) electrons. The first-order valence-electron chi connectivity index (χ1n) is 9.43. The Morgan fingerprint density at radius 2 is 1.76 bits per heavy atom. The van der Waals surface area contributed by atoms with E-state index in [9.17, 15) is 0 Å². The van der Waals surface area contributed by atoms with Crippen molar-refractivity contribution in [3.05, 3.63) is 58.1 Å². The molecule has 1 heterocycles. The van der Waals surface area contributed by atoms with E-state index in [0.717, 1.165) is 30.9 Å². The molecule has 1 aliphatic heterocycles. The van der Waals surface area contributed by atoms with Crippen LogP contribution in [0.5, 0.6) is 11.5 Å². The third-order valence-corrected chi connectivity index (χ3v) is 4.94. The zero-order chi connectivity index (χ0) is 17.8. The molecule has 0 spiro atoms. The highest BCUT2D eigenvalue weighted by molar-refractivity contribution is 5.53. The average molecular weight is 339 g/mol. The fourth-order valence-electron chi connectivity index (χ4n) is 3.82. The van der Waals surface area contributed by atoms with Gasteiger partial charge in [0.05, 0.1) is 19.3 Å².